The Balaban J connectivity index is 1.56. The number of rotatable bonds is 7. The van der Waals surface area contributed by atoms with Crippen LogP contribution in [0.2, 0.25) is 5.02 Å². The lowest BCUT2D eigenvalue weighted by atomic mass is 10.1. The van der Waals surface area contributed by atoms with E-state index >= 15 is 0 Å². The number of halogens is 1. The molecule has 202 valence electrons. The van der Waals surface area contributed by atoms with Crippen LogP contribution in [0.5, 0.6) is 11.5 Å². The lowest BCUT2D eigenvalue weighted by Gasteiger charge is -2.26. The summed E-state index contributed by atoms with van der Waals surface area (Å²) < 4.78 is 13.6. The Morgan fingerprint density at radius 2 is 1.36 bits per heavy atom. The number of likely N-dealkylation sites (tertiary alicyclic amines) is 1. The molecule has 2 heterocycles. The largest absolute Gasteiger partial charge is 0.493 e. The molecule has 0 saturated carbocycles. The molecule has 8 nitrogen and oxygen atoms in total. The zero-order valence-electron chi connectivity index (χ0n) is 22.0. The maximum absolute atomic E-state index is 13.8. The van der Waals surface area contributed by atoms with E-state index < -0.39 is 11.2 Å². The Labute approximate surface area is 231 Å². The van der Waals surface area contributed by atoms with Crippen LogP contribution in [-0.2, 0) is 13.1 Å². The molecular weight excluding hydrogens is 518 g/mol. The molecule has 0 atom stereocenters. The average molecular weight is 548 g/mol. The lowest BCUT2D eigenvalue weighted by Crippen LogP contribution is -2.40. The number of ether oxygens (including phenoxy) is 2. The maximum atomic E-state index is 13.8. The first-order valence-electron chi connectivity index (χ1n) is 12.9. The van der Waals surface area contributed by atoms with Gasteiger partial charge in [-0.1, -0.05) is 35.9 Å². The molecule has 4 aromatic rings. The molecule has 0 aliphatic carbocycles. The van der Waals surface area contributed by atoms with Crippen LogP contribution in [0.25, 0.3) is 10.9 Å². The summed E-state index contributed by atoms with van der Waals surface area (Å²) in [4.78, 5) is 42.2. The highest BCUT2D eigenvalue weighted by Gasteiger charge is 2.20. The van der Waals surface area contributed by atoms with Crippen LogP contribution < -0.4 is 20.7 Å². The van der Waals surface area contributed by atoms with Crippen LogP contribution in [0, 0.1) is 0 Å². The molecule has 3 aromatic carbocycles. The van der Waals surface area contributed by atoms with Gasteiger partial charge in [-0.15, -0.1) is 0 Å². The monoisotopic (exact) mass is 547 g/mol. The summed E-state index contributed by atoms with van der Waals surface area (Å²) in [5.74, 6) is 0.821. The van der Waals surface area contributed by atoms with Crippen LogP contribution in [0.1, 0.15) is 40.7 Å². The van der Waals surface area contributed by atoms with E-state index in [1.807, 2.05) is 17.0 Å². The van der Waals surface area contributed by atoms with E-state index in [0.717, 1.165) is 43.5 Å². The van der Waals surface area contributed by atoms with Gasteiger partial charge in [-0.25, -0.2) is 4.79 Å². The fourth-order valence-corrected chi connectivity index (χ4v) is 5.15. The number of piperidine rings is 1. The number of carbonyl (C=O) groups is 1. The van der Waals surface area contributed by atoms with E-state index in [-0.39, 0.29) is 19.0 Å². The number of hydrogen-bond donors (Lipinski definition) is 0. The predicted molar refractivity (Wildman–Crippen MR) is 151 cm³/mol. The maximum Gasteiger partial charge on any atom is 0.332 e. The van der Waals surface area contributed by atoms with Crippen molar-refractivity contribution in [2.24, 2.45) is 0 Å². The molecule has 1 aliphatic heterocycles. The first-order valence-corrected chi connectivity index (χ1v) is 13.3. The normalized spacial score (nSPS) is 13.5. The first kappa shape index (κ1) is 26.6. The average Bonchev–Trinajstić information content (AvgIpc) is 2.98. The van der Waals surface area contributed by atoms with Crippen LogP contribution >= 0.6 is 11.6 Å². The third kappa shape index (κ3) is 5.43. The van der Waals surface area contributed by atoms with Gasteiger partial charge in [0.05, 0.1) is 38.2 Å². The minimum absolute atomic E-state index is 0.00971. The van der Waals surface area contributed by atoms with Crippen molar-refractivity contribution in [3.63, 3.8) is 0 Å². The second-order valence-electron chi connectivity index (χ2n) is 9.66. The Morgan fingerprint density at radius 1 is 0.795 bits per heavy atom. The first-order chi connectivity index (χ1) is 18.9. The molecule has 1 amide bonds. The molecule has 1 saturated heterocycles. The summed E-state index contributed by atoms with van der Waals surface area (Å²) in [6.45, 7) is 1.83. The quantitative estimate of drug-likeness (QED) is 0.339. The van der Waals surface area contributed by atoms with E-state index in [0.29, 0.717) is 33.0 Å². The van der Waals surface area contributed by atoms with E-state index in [2.05, 4.69) is 0 Å². The van der Waals surface area contributed by atoms with Gasteiger partial charge < -0.3 is 14.4 Å². The molecule has 1 aliphatic rings. The van der Waals surface area contributed by atoms with Crippen molar-refractivity contribution in [1.29, 1.82) is 0 Å². The van der Waals surface area contributed by atoms with E-state index in [1.165, 1.54) is 18.8 Å². The number of carbonyl (C=O) groups excluding carboxylic acids is 1. The van der Waals surface area contributed by atoms with Crippen molar-refractivity contribution in [3.05, 3.63) is 103 Å². The number of hydrogen-bond acceptors (Lipinski definition) is 5. The number of aromatic nitrogens is 2. The second-order valence-corrected chi connectivity index (χ2v) is 10.1. The van der Waals surface area contributed by atoms with Crippen molar-refractivity contribution in [3.8, 4) is 11.5 Å². The molecule has 0 spiro atoms. The Bertz CT molecular complexity index is 1620. The summed E-state index contributed by atoms with van der Waals surface area (Å²) >= 11 is 6.06. The fraction of sp³-hybridized carbons (Fsp3) is 0.300. The minimum atomic E-state index is -0.455. The van der Waals surface area contributed by atoms with Crippen LogP contribution in [0.3, 0.4) is 0 Å². The zero-order chi connectivity index (χ0) is 27.5. The van der Waals surface area contributed by atoms with Gasteiger partial charge >= 0.3 is 5.69 Å². The van der Waals surface area contributed by atoms with Gasteiger partial charge in [0.2, 0.25) is 0 Å². The van der Waals surface area contributed by atoms with E-state index in [4.69, 9.17) is 21.1 Å². The van der Waals surface area contributed by atoms with Crippen molar-refractivity contribution < 1.29 is 14.3 Å². The summed E-state index contributed by atoms with van der Waals surface area (Å²) in [6.07, 6.45) is 3.19. The number of fused-ring (bicyclic) bond motifs is 1. The molecule has 0 bridgehead atoms. The Hall–Kier alpha value is -4.04. The predicted octanol–water partition coefficient (Wildman–Crippen LogP) is 4.56. The molecule has 9 heteroatoms. The third-order valence-electron chi connectivity index (χ3n) is 7.17. The number of amides is 1. The highest BCUT2D eigenvalue weighted by Crippen LogP contribution is 2.30. The number of methoxy groups -OCH3 is 2. The molecule has 1 aromatic heterocycles. The third-order valence-corrected chi connectivity index (χ3v) is 7.42. The summed E-state index contributed by atoms with van der Waals surface area (Å²) in [6, 6.07) is 17.6. The molecule has 5 rings (SSSR count). The highest BCUT2D eigenvalue weighted by atomic mass is 35.5. The van der Waals surface area contributed by atoms with Gasteiger partial charge in [0, 0.05) is 29.7 Å². The second kappa shape index (κ2) is 11.4. The number of nitrogens with zero attached hydrogens (tertiary/aromatic N) is 3. The molecule has 0 N–H and O–H groups in total. The van der Waals surface area contributed by atoms with Crippen LogP contribution in [0.15, 0.2) is 70.3 Å². The minimum Gasteiger partial charge on any atom is -0.493 e. The van der Waals surface area contributed by atoms with Crippen LogP contribution in [-0.4, -0.2) is 47.3 Å². The molecule has 39 heavy (non-hydrogen) atoms. The molecule has 1 fully saturated rings. The molecule has 0 radical (unpaired) electrons. The standard InChI is InChI=1S/C30H30ClN3O5/c1-38-26-16-24-25(17-27(26)39-2)33(18-21-8-12-23(31)13-9-21)30(37)34(29(24)36)19-20-6-10-22(11-7-20)28(35)32-14-4-3-5-15-32/h6-13,16-17H,3-5,14-15,18-19H2,1-2H3. The SMILES string of the molecule is COc1cc2c(=O)n(Cc3ccc(C(=O)N4CCCCC4)cc3)c(=O)n(Cc3ccc(Cl)cc3)c2cc1OC. The van der Waals surface area contributed by atoms with E-state index in [1.54, 1.807) is 53.1 Å². The molecule has 0 unspecified atom stereocenters. The lowest BCUT2D eigenvalue weighted by molar-refractivity contribution is 0.0724. The van der Waals surface area contributed by atoms with Gasteiger partial charge in [-0.3, -0.25) is 18.7 Å². The van der Waals surface area contributed by atoms with Crippen molar-refractivity contribution in [1.82, 2.24) is 14.0 Å². The topological polar surface area (TPSA) is 82.8 Å². The smallest absolute Gasteiger partial charge is 0.332 e. The van der Waals surface area contributed by atoms with Crippen molar-refractivity contribution in [2.75, 3.05) is 27.3 Å². The summed E-state index contributed by atoms with van der Waals surface area (Å²) in [5, 5.41) is 0.924. The van der Waals surface area contributed by atoms with Gasteiger partial charge in [0.1, 0.15) is 0 Å². The van der Waals surface area contributed by atoms with Gasteiger partial charge in [0.25, 0.3) is 11.5 Å². The van der Waals surface area contributed by atoms with Gasteiger partial charge in [-0.05, 0) is 60.7 Å². The zero-order valence-corrected chi connectivity index (χ0v) is 22.7. The summed E-state index contributed by atoms with van der Waals surface area (Å²) in [7, 11) is 3.00. The van der Waals surface area contributed by atoms with Crippen molar-refractivity contribution in [2.45, 2.75) is 32.4 Å². The Morgan fingerprint density at radius 3 is 1.97 bits per heavy atom. The van der Waals surface area contributed by atoms with Crippen LogP contribution in [0.4, 0.5) is 0 Å². The van der Waals surface area contributed by atoms with Crippen molar-refractivity contribution >= 4 is 28.4 Å². The number of benzene rings is 3. The van der Waals surface area contributed by atoms with Gasteiger partial charge in [0.15, 0.2) is 11.5 Å². The summed E-state index contributed by atoms with van der Waals surface area (Å²) in [5.41, 5.74) is 1.74. The van der Waals surface area contributed by atoms with Gasteiger partial charge in [-0.2, -0.15) is 0 Å². The fourth-order valence-electron chi connectivity index (χ4n) is 5.02. The molecular formula is C30H30ClN3O5. The highest BCUT2D eigenvalue weighted by molar-refractivity contribution is 6.30. The Kier molecular flexibility index (Phi) is 7.74. The van der Waals surface area contributed by atoms with E-state index in [9.17, 15) is 14.4 Å².